The number of fused-ring (bicyclic) bond motifs is 1. The molecule has 0 amide bonds. The topological polar surface area (TPSA) is 96.8 Å². The number of aryl methyl sites for hydroxylation is 2. The van der Waals surface area contributed by atoms with E-state index in [0.717, 1.165) is 15.8 Å². The fourth-order valence-corrected chi connectivity index (χ4v) is 2.42. The molecule has 0 aromatic carbocycles. The summed E-state index contributed by atoms with van der Waals surface area (Å²) in [5, 5.41) is 0. The predicted octanol–water partition coefficient (Wildman–Crippen LogP) is -0.411. The Labute approximate surface area is 130 Å². The van der Waals surface area contributed by atoms with Gasteiger partial charge in [-0.1, -0.05) is 0 Å². The van der Waals surface area contributed by atoms with Crippen LogP contribution in [0, 0.1) is 6.92 Å². The van der Waals surface area contributed by atoms with Gasteiger partial charge >= 0.3 is 11.7 Å². The molecule has 0 unspecified atom stereocenters. The van der Waals surface area contributed by atoms with Gasteiger partial charge in [0.05, 0.1) is 20.0 Å². The maximum atomic E-state index is 12.4. The first-order chi connectivity index (χ1) is 10.9. The molecule has 0 saturated carbocycles. The highest BCUT2D eigenvalue weighted by atomic mass is 16.5. The van der Waals surface area contributed by atoms with Gasteiger partial charge in [0.1, 0.15) is 0 Å². The van der Waals surface area contributed by atoms with E-state index in [1.165, 1.54) is 25.1 Å². The van der Waals surface area contributed by atoms with E-state index in [1.54, 1.807) is 17.8 Å². The van der Waals surface area contributed by atoms with Crippen LogP contribution in [0.1, 0.15) is 11.3 Å². The highest BCUT2D eigenvalue weighted by Crippen LogP contribution is 2.13. The lowest BCUT2D eigenvalue weighted by Gasteiger charge is -2.09. The molecule has 9 heteroatoms. The summed E-state index contributed by atoms with van der Waals surface area (Å²) in [5.41, 5.74) is 1.51. The van der Waals surface area contributed by atoms with E-state index in [2.05, 4.69) is 15.0 Å². The number of nitrogens with zero attached hydrogens (tertiary/aromatic N) is 6. The predicted molar refractivity (Wildman–Crippen MR) is 82.6 cm³/mol. The van der Waals surface area contributed by atoms with Gasteiger partial charge in [-0.2, -0.15) is 0 Å². The molecule has 3 heterocycles. The molecule has 0 spiro atoms. The minimum atomic E-state index is -0.406. The van der Waals surface area contributed by atoms with Crippen molar-refractivity contribution in [2.45, 2.75) is 13.5 Å². The van der Waals surface area contributed by atoms with Gasteiger partial charge in [0, 0.05) is 31.5 Å². The summed E-state index contributed by atoms with van der Waals surface area (Å²) in [6.45, 7) is 2.21. The van der Waals surface area contributed by atoms with Gasteiger partial charge in [-0.3, -0.25) is 13.9 Å². The Kier molecular flexibility index (Phi) is 3.47. The molecule has 3 rings (SSSR count). The first-order valence-electron chi connectivity index (χ1n) is 6.91. The Bertz CT molecular complexity index is 1010. The fraction of sp³-hybridized carbons (Fsp3) is 0.357. The number of ether oxygens (including phenoxy) is 1. The van der Waals surface area contributed by atoms with E-state index in [4.69, 9.17) is 4.74 Å². The summed E-state index contributed by atoms with van der Waals surface area (Å²) in [5.74, 6) is 0. The summed E-state index contributed by atoms with van der Waals surface area (Å²) >= 11 is 0. The monoisotopic (exact) mass is 316 g/mol. The van der Waals surface area contributed by atoms with Crippen LogP contribution in [0.2, 0.25) is 0 Å². The Morgan fingerprint density at radius 2 is 1.91 bits per heavy atom. The summed E-state index contributed by atoms with van der Waals surface area (Å²) in [4.78, 5) is 36.8. The maximum Gasteiger partial charge on any atom is 0.332 e. The van der Waals surface area contributed by atoms with Crippen LogP contribution in [0.15, 0.2) is 22.1 Å². The molecule has 3 aromatic heterocycles. The van der Waals surface area contributed by atoms with Gasteiger partial charge in [-0.15, -0.1) is 0 Å². The number of aromatic nitrogens is 6. The van der Waals surface area contributed by atoms with Crippen molar-refractivity contribution in [3.05, 3.63) is 44.6 Å². The zero-order chi connectivity index (χ0) is 16.7. The molecule has 120 valence electrons. The highest BCUT2D eigenvalue weighted by Gasteiger charge is 2.15. The van der Waals surface area contributed by atoms with Crippen LogP contribution in [0.3, 0.4) is 0 Å². The SMILES string of the molecule is COc1ncc(Cn2cnc3c2c(=O)n(C)c(=O)n3C)c(C)n1. The number of hydrogen-bond donors (Lipinski definition) is 0. The standard InChI is InChI=1S/C14H16N6O3/c1-8-9(5-15-13(17-8)23-4)6-20-7-16-11-10(20)12(21)19(3)14(22)18(11)2/h5,7H,6H2,1-4H3. The van der Waals surface area contributed by atoms with Crippen LogP contribution in [0.5, 0.6) is 6.01 Å². The van der Waals surface area contributed by atoms with Gasteiger partial charge in [0.2, 0.25) is 0 Å². The minimum Gasteiger partial charge on any atom is -0.467 e. The van der Waals surface area contributed by atoms with Crippen molar-refractivity contribution in [2.24, 2.45) is 14.1 Å². The second-order valence-corrected chi connectivity index (χ2v) is 5.22. The Morgan fingerprint density at radius 3 is 2.57 bits per heavy atom. The van der Waals surface area contributed by atoms with Crippen molar-refractivity contribution in [1.29, 1.82) is 0 Å². The molecule has 0 atom stereocenters. The second kappa shape index (κ2) is 5.34. The first kappa shape index (κ1) is 14.9. The third-order valence-corrected chi connectivity index (χ3v) is 3.80. The molecule has 23 heavy (non-hydrogen) atoms. The summed E-state index contributed by atoms with van der Waals surface area (Å²) in [6.07, 6.45) is 3.19. The van der Waals surface area contributed by atoms with Crippen molar-refractivity contribution in [1.82, 2.24) is 28.7 Å². The molecule has 0 aliphatic rings. The van der Waals surface area contributed by atoms with E-state index in [-0.39, 0.29) is 5.56 Å². The van der Waals surface area contributed by atoms with E-state index < -0.39 is 5.69 Å². The zero-order valence-corrected chi connectivity index (χ0v) is 13.3. The van der Waals surface area contributed by atoms with Gasteiger partial charge in [0.15, 0.2) is 11.2 Å². The molecule has 0 fully saturated rings. The van der Waals surface area contributed by atoms with Gasteiger partial charge < -0.3 is 9.30 Å². The molecule has 0 aliphatic carbocycles. The van der Waals surface area contributed by atoms with Crippen LogP contribution in [-0.4, -0.2) is 35.8 Å². The summed E-state index contributed by atoms with van der Waals surface area (Å²) in [6, 6.07) is 0.292. The number of rotatable bonds is 3. The maximum absolute atomic E-state index is 12.4. The Morgan fingerprint density at radius 1 is 1.17 bits per heavy atom. The summed E-state index contributed by atoms with van der Waals surface area (Å²) in [7, 11) is 4.54. The van der Waals surface area contributed by atoms with Crippen LogP contribution in [-0.2, 0) is 20.6 Å². The first-order valence-corrected chi connectivity index (χ1v) is 6.91. The van der Waals surface area contributed by atoms with E-state index in [0.29, 0.717) is 23.7 Å². The lowest BCUT2D eigenvalue weighted by molar-refractivity contribution is 0.378. The normalized spacial score (nSPS) is 11.1. The average Bonchev–Trinajstić information content (AvgIpc) is 2.96. The van der Waals surface area contributed by atoms with Gasteiger partial charge in [-0.05, 0) is 6.92 Å². The van der Waals surface area contributed by atoms with Crippen LogP contribution in [0.25, 0.3) is 11.2 Å². The largest absolute Gasteiger partial charge is 0.467 e. The second-order valence-electron chi connectivity index (χ2n) is 5.22. The molecular formula is C14H16N6O3. The Hall–Kier alpha value is -2.97. The van der Waals surface area contributed by atoms with E-state index in [9.17, 15) is 9.59 Å². The molecular weight excluding hydrogens is 300 g/mol. The molecule has 0 radical (unpaired) electrons. The molecule has 0 aliphatic heterocycles. The zero-order valence-electron chi connectivity index (χ0n) is 13.3. The lowest BCUT2D eigenvalue weighted by Crippen LogP contribution is -2.37. The molecule has 0 bridgehead atoms. The number of imidazole rings is 1. The lowest BCUT2D eigenvalue weighted by atomic mass is 10.2. The van der Waals surface area contributed by atoms with Crippen molar-refractivity contribution < 1.29 is 4.74 Å². The van der Waals surface area contributed by atoms with E-state index >= 15 is 0 Å². The fourth-order valence-electron chi connectivity index (χ4n) is 2.42. The van der Waals surface area contributed by atoms with E-state index in [1.807, 2.05) is 6.92 Å². The Balaban J connectivity index is 2.15. The smallest absolute Gasteiger partial charge is 0.332 e. The third-order valence-electron chi connectivity index (χ3n) is 3.80. The van der Waals surface area contributed by atoms with Gasteiger partial charge in [-0.25, -0.2) is 19.7 Å². The number of methoxy groups -OCH3 is 1. The number of hydrogen-bond acceptors (Lipinski definition) is 6. The average molecular weight is 316 g/mol. The minimum absolute atomic E-state index is 0.292. The molecule has 9 nitrogen and oxygen atoms in total. The highest BCUT2D eigenvalue weighted by molar-refractivity contribution is 5.70. The van der Waals surface area contributed by atoms with Crippen molar-refractivity contribution >= 4 is 11.2 Å². The van der Waals surface area contributed by atoms with Crippen LogP contribution >= 0.6 is 0 Å². The van der Waals surface area contributed by atoms with Gasteiger partial charge in [0.25, 0.3) is 5.56 Å². The molecule has 0 N–H and O–H groups in total. The van der Waals surface area contributed by atoms with Crippen LogP contribution in [0.4, 0.5) is 0 Å². The van der Waals surface area contributed by atoms with Crippen molar-refractivity contribution in [3.8, 4) is 6.01 Å². The quantitative estimate of drug-likeness (QED) is 0.651. The molecule has 0 saturated heterocycles. The van der Waals surface area contributed by atoms with Crippen molar-refractivity contribution in [2.75, 3.05) is 7.11 Å². The van der Waals surface area contributed by atoms with Crippen molar-refractivity contribution in [3.63, 3.8) is 0 Å². The van der Waals surface area contributed by atoms with Crippen LogP contribution < -0.4 is 16.0 Å². The third kappa shape index (κ3) is 2.30. The molecule has 3 aromatic rings. The summed E-state index contributed by atoms with van der Waals surface area (Å²) < 4.78 is 9.10.